The maximum atomic E-state index is 12.5. The predicted octanol–water partition coefficient (Wildman–Crippen LogP) is 0.388. The first-order chi connectivity index (χ1) is 9.70. The summed E-state index contributed by atoms with van der Waals surface area (Å²) in [7, 11) is -4.03. The Kier molecular flexibility index (Phi) is 3.95. The van der Waals surface area contributed by atoms with Gasteiger partial charge >= 0.3 is 5.97 Å². The van der Waals surface area contributed by atoms with Gasteiger partial charge in [0, 0.05) is 18.1 Å². The Labute approximate surface area is 126 Å². The molecule has 1 saturated heterocycles. The van der Waals surface area contributed by atoms with Crippen LogP contribution in [0.15, 0.2) is 23.1 Å². The van der Waals surface area contributed by atoms with E-state index in [1.54, 1.807) is 6.07 Å². The fourth-order valence-electron chi connectivity index (χ4n) is 2.12. The van der Waals surface area contributed by atoms with Crippen LogP contribution < -0.4 is 5.73 Å². The molecule has 1 aromatic rings. The van der Waals surface area contributed by atoms with Gasteiger partial charge in [0.05, 0.1) is 5.56 Å². The number of sulfonamides is 1. The molecule has 0 saturated carbocycles. The van der Waals surface area contributed by atoms with E-state index in [4.69, 9.17) is 27.7 Å². The number of halogens is 1. The molecule has 1 atom stereocenters. The van der Waals surface area contributed by atoms with Crippen molar-refractivity contribution in [2.75, 3.05) is 13.1 Å². The highest BCUT2D eigenvalue weighted by Crippen LogP contribution is 2.29. The maximum absolute atomic E-state index is 12.5. The van der Waals surface area contributed by atoms with E-state index in [0.29, 0.717) is 0 Å². The number of benzene rings is 1. The van der Waals surface area contributed by atoms with Crippen LogP contribution in [0, 0.1) is 11.3 Å². The average Bonchev–Trinajstić information content (AvgIpc) is 2.83. The summed E-state index contributed by atoms with van der Waals surface area (Å²) in [5, 5.41) is 18.2. The lowest BCUT2D eigenvalue weighted by atomic mass is 10.0. The molecule has 1 aliphatic rings. The zero-order valence-electron chi connectivity index (χ0n) is 10.8. The number of nitrogens with zero attached hydrogens (tertiary/aromatic N) is 2. The molecule has 21 heavy (non-hydrogen) atoms. The van der Waals surface area contributed by atoms with Crippen molar-refractivity contribution in [1.29, 1.82) is 5.26 Å². The predicted molar refractivity (Wildman–Crippen MR) is 74.1 cm³/mol. The highest BCUT2D eigenvalue weighted by atomic mass is 35.5. The molecule has 0 bridgehead atoms. The summed E-state index contributed by atoms with van der Waals surface area (Å²) < 4.78 is 26.1. The van der Waals surface area contributed by atoms with E-state index < -0.39 is 21.5 Å². The highest BCUT2D eigenvalue weighted by molar-refractivity contribution is 7.89. The third-order valence-electron chi connectivity index (χ3n) is 3.37. The second kappa shape index (κ2) is 5.27. The van der Waals surface area contributed by atoms with Crippen LogP contribution in [0.25, 0.3) is 0 Å². The summed E-state index contributed by atoms with van der Waals surface area (Å²) in [6, 6.07) is 5.67. The van der Waals surface area contributed by atoms with Gasteiger partial charge in [-0.2, -0.15) is 9.57 Å². The minimum absolute atomic E-state index is 0.00398. The Morgan fingerprint density at radius 2 is 2.19 bits per heavy atom. The van der Waals surface area contributed by atoms with Gasteiger partial charge in [-0.25, -0.2) is 8.42 Å². The smallest absolute Gasteiger partial charge is 0.325 e. The molecule has 0 aliphatic carbocycles. The number of aliphatic carboxylic acids is 1. The SMILES string of the molecule is N#Cc1ccc(Cl)cc1S(=O)(=O)N1CCC(N)(C(=O)O)C1. The van der Waals surface area contributed by atoms with Crippen LogP contribution in [-0.4, -0.2) is 42.4 Å². The molecular weight excluding hydrogens is 318 g/mol. The molecule has 9 heteroatoms. The molecule has 1 aliphatic heterocycles. The number of rotatable bonds is 3. The number of carboxylic acids is 1. The van der Waals surface area contributed by atoms with Crippen molar-refractivity contribution in [3.63, 3.8) is 0 Å². The van der Waals surface area contributed by atoms with E-state index in [1.807, 2.05) is 0 Å². The standard InChI is InChI=1S/C12H12ClN3O4S/c13-9-2-1-8(6-14)10(5-9)21(19,20)16-4-3-12(15,7-16)11(17)18/h1-2,5H,3-4,7,15H2,(H,17,18). The van der Waals surface area contributed by atoms with Crippen LogP contribution in [0.1, 0.15) is 12.0 Å². The zero-order chi connectivity index (χ0) is 15.8. The van der Waals surface area contributed by atoms with Crippen molar-refractivity contribution < 1.29 is 18.3 Å². The number of hydrogen-bond acceptors (Lipinski definition) is 5. The lowest BCUT2D eigenvalue weighted by Crippen LogP contribution is -2.50. The summed E-state index contributed by atoms with van der Waals surface area (Å²) in [5.74, 6) is -1.26. The molecule has 7 nitrogen and oxygen atoms in total. The molecule has 1 fully saturated rings. The molecule has 1 aromatic carbocycles. The van der Waals surface area contributed by atoms with Gasteiger partial charge in [-0.3, -0.25) is 4.79 Å². The molecule has 1 heterocycles. The van der Waals surface area contributed by atoms with Crippen LogP contribution in [0.4, 0.5) is 0 Å². The first kappa shape index (κ1) is 15.7. The average molecular weight is 330 g/mol. The molecule has 3 N–H and O–H groups in total. The largest absolute Gasteiger partial charge is 0.480 e. The molecule has 0 spiro atoms. The Morgan fingerprint density at radius 1 is 1.52 bits per heavy atom. The van der Waals surface area contributed by atoms with Crippen LogP contribution in [0.2, 0.25) is 5.02 Å². The summed E-state index contributed by atoms with van der Waals surface area (Å²) in [5.41, 5.74) is 4.01. The fourth-order valence-corrected chi connectivity index (χ4v) is 4.03. The van der Waals surface area contributed by atoms with Crippen molar-refractivity contribution in [3.8, 4) is 6.07 Å². The van der Waals surface area contributed by atoms with E-state index >= 15 is 0 Å². The third-order valence-corrected chi connectivity index (χ3v) is 5.49. The number of nitrogens with two attached hydrogens (primary N) is 1. The Bertz CT molecular complexity index is 743. The van der Waals surface area contributed by atoms with Crippen molar-refractivity contribution >= 4 is 27.6 Å². The molecule has 0 amide bonds. The summed E-state index contributed by atoms with van der Waals surface area (Å²) in [6.07, 6.45) is 0.00398. The highest BCUT2D eigenvalue weighted by Gasteiger charge is 2.46. The van der Waals surface area contributed by atoms with Gasteiger partial charge in [0.25, 0.3) is 0 Å². The first-order valence-electron chi connectivity index (χ1n) is 5.93. The van der Waals surface area contributed by atoms with Gasteiger partial charge in [0.15, 0.2) is 0 Å². The lowest BCUT2D eigenvalue weighted by Gasteiger charge is -2.20. The van der Waals surface area contributed by atoms with Gasteiger partial charge in [0.2, 0.25) is 10.0 Å². The topological polar surface area (TPSA) is 124 Å². The van der Waals surface area contributed by atoms with Crippen molar-refractivity contribution in [2.24, 2.45) is 5.73 Å². The molecule has 0 radical (unpaired) electrons. The van der Waals surface area contributed by atoms with Gasteiger partial charge in [-0.15, -0.1) is 0 Å². The minimum atomic E-state index is -4.03. The molecule has 0 aromatic heterocycles. The molecule has 1 unspecified atom stereocenters. The van der Waals surface area contributed by atoms with Crippen molar-refractivity contribution in [2.45, 2.75) is 16.9 Å². The second-order valence-electron chi connectivity index (χ2n) is 4.80. The fraction of sp³-hybridized carbons (Fsp3) is 0.333. The zero-order valence-corrected chi connectivity index (χ0v) is 12.4. The van der Waals surface area contributed by atoms with E-state index in [1.165, 1.54) is 18.2 Å². The lowest BCUT2D eigenvalue weighted by molar-refractivity contribution is -0.142. The van der Waals surface area contributed by atoms with Crippen LogP contribution in [0.5, 0.6) is 0 Å². The number of nitriles is 1. The van der Waals surface area contributed by atoms with E-state index in [-0.39, 0.29) is 35.0 Å². The molecule has 2 rings (SSSR count). The van der Waals surface area contributed by atoms with Crippen molar-refractivity contribution in [1.82, 2.24) is 4.31 Å². The third kappa shape index (κ3) is 2.73. The van der Waals surface area contributed by atoms with Crippen LogP contribution in [0.3, 0.4) is 0 Å². The Hall–Kier alpha value is -1.66. The van der Waals surface area contributed by atoms with E-state index in [9.17, 15) is 13.2 Å². The summed E-state index contributed by atoms with van der Waals surface area (Å²) >= 11 is 5.78. The normalized spacial score (nSPS) is 22.9. The second-order valence-corrected chi connectivity index (χ2v) is 7.14. The van der Waals surface area contributed by atoms with Crippen LogP contribution in [-0.2, 0) is 14.8 Å². The van der Waals surface area contributed by atoms with Crippen LogP contribution >= 0.6 is 11.6 Å². The van der Waals surface area contributed by atoms with Gasteiger partial charge in [-0.1, -0.05) is 11.6 Å². The summed E-state index contributed by atoms with van der Waals surface area (Å²) in [6.45, 7) is -0.370. The Morgan fingerprint density at radius 3 is 2.71 bits per heavy atom. The minimum Gasteiger partial charge on any atom is -0.480 e. The number of carbonyl (C=O) groups is 1. The summed E-state index contributed by atoms with van der Waals surface area (Å²) in [4.78, 5) is 10.8. The number of carboxylic acid groups (broad SMARTS) is 1. The molecule has 112 valence electrons. The monoisotopic (exact) mass is 329 g/mol. The molecular formula is C12H12ClN3O4S. The van der Waals surface area contributed by atoms with Crippen molar-refractivity contribution in [3.05, 3.63) is 28.8 Å². The maximum Gasteiger partial charge on any atom is 0.325 e. The first-order valence-corrected chi connectivity index (χ1v) is 7.74. The van der Waals surface area contributed by atoms with Gasteiger partial charge in [0.1, 0.15) is 16.5 Å². The Balaban J connectivity index is 2.44. The van der Waals surface area contributed by atoms with E-state index in [0.717, 1.165) is 4.31 Å². The van der Waals surface area contributed by atoms with Gasteiger partial charge in [-0.05, 0) is 24.6 Å². The number of hydrogen-bond donors (Lipinski definition) is 2. The van der Waals surface area contributed by atoms with Gasteiger partial charge < -0.3 is 10.8 Å². The van der Waals surface area contributed by atoms with E-state index in [2.05, 4.69) is 0 Å². The quantitative estimate of drug-likeness (QED) is 0.826.